The number of ether oxygens (including phenoxy) is 1. The van der Waals surface area contributed by atoms with Crippen molar-refractivity contribution in [1.82, 2.24) is 41.0 Å². The van der Waals surface area contributed by atoms with Crippen LogP contribution < -0.4 is 21.3 Å². The Morgan fingerprint density at radius 2 is 1.62 bits per heavy atom. The Bertz CT molecular complexity index is 1750. The van der Waals surface area contributed by atoms with Gasteiger partial charge in [-0.15, -0.1) is 0 Å². The van der Waals surface area contributed by atoms with Gasteiger partial charge in [-0.2, -0.15) is 0 Å². The van der Waals surface area contributed by atoms with Crippen LogP contribution >= 0.6 is 0 Å². The Morgan fingerprint density at radius 3 is 2.25 bits per heavy atom. The highest BCUT2D eigenvalue weighted by Gasteiger charge is 2.46. The zero-order valence-electron chi connectivity index (χ0n) is 32.1. The van der Waals surface area contributed by atoms with Gasteiger partial charge in [0.15, 0.2) is 0 Å². The predicted molar refractivity (Wildman–Crippen MR) is 199 cm³/mol. The molecule has 1 unspecified atom stereocenters. The van der Waals surface area contributed by atoms with Gasteiger partial charge in [-0.3, -0.25) is 33.8 Å². The smallest absolute Gasteiger partial charge is 0.410 e. The number of benzene rings is 1. The summed E-state index contributed by atoms with van der Waals surface area (Å²) in [5.41, 5.74) is 2.17. The number of Topliss-reactive ketones (excluding diaryl/α,β-unsaturated/α-hetero) is 1. The molecular formula is C39H52N8O8. The molecule has 55 heavy (non-hydrogen) atoms. The molecule has 4 N–H and O–H groups in total. The van der Waals surface area contributed by atoms with E-state index in [1.807, 2.05) is 31.2 Å². The number of ketones is 1. The number of likely N-dealkylation sites (tertiary alicyclic amines) is 1. The summed E-state index contributed by atoms with van der Waals surface area (Å²) in [6.45, 7) is 9.40. The second-order valence-electron chi connectivity index (χ2n) is 15.2. The van der Waals surface area contributed by atoms with Gasteiger partial charge < -0.3 is 35.8 Å². The molecule has 1 saturated heterocycles. The van der Waals surface area contributed by atoms with Gasteiger partial charge in [0.2, 0.25) is 23.5 Å². The molecular weight excluding hydrogens is 708 g/mol. The van der Waals surface area contributed by atoms with Gasteiger partial charge in [0.1, 0.15) is 29.9 Å². The number of fused-ring (bicyclic) bond motifs is 1. The third kappa shape index (κ3) is 10.4. The lowest BCUT2D eigenvalue weighted by Gasteiger charge is -2.32. The van der Waals surface area contributed by atoms with Crippen LogP contribution in [0.15, 0.2) is 42.9 Å². The van der Waals surface area contributed by atoms with Crippen LogP contribution in [0.1, 0.15) is 88.3 Å². The fraction of sp³-hybridized carbons (Fsp3) is 0.564. The number of rotatable bonds is 15. The molecule has 0 radical (unpaired) electrons. The molecule has 1 saturated carbocycles. The van der Waals surface area contributed by atoms with Crippen LogP contribution in [0.3, 0.4) is 0 Å². The Kier molecular flexibility index (Phi) is 13.5. The number of aromatic nitrogens is 2. The predicted octanol–water partition coefficient (Wildman–Crippen LogP) is 1.67. The molecule has 0 bridgehead atoms. The standard InChI is InChI=1S/C39H52N8O8/c1-6-9-28(33(48)37(52)42-26-12-13-26)43-35(50)30-18-27(55-39(54)46-17-14-24-10-7-8-11-25(24)20-46)21-47(30)38(53)32(23(4)5)45-36(51)31(22(2)3)44-34(49)29-19-40-15-16-41-29/h7-8,10-11,15-16,19,22-23,26-28,30-32H,6,9,12-14,17-18,20-21H2,1-5H3,(H,42,52)(H,43,50)(H,44,49)(H,45,51)/t27-,28?,30+,31-,32-/m1/s1. The van der Waals surface area contributed by atoms with E-state index in [0.717, 1.165) is 24.0 Å². The Morgan fingerprint density at radius 1 is 0.909 bits per heavy atom. The minimum absolute atomic E-state index is 0.0163. The van der Waals surface area contributed by atoms with Crippen molar-refractivity contribution in [3.63, 3.8) is 0 Å². The van der Waals surface area contributed by atoms with Gasteiger partial charge in [-0.1, -0.05) is 65.3 Å². The summed E-state index contributed by atoms with van der Waals surface area (Å²) in [5, 5.41) is 10.8. The van der Waals surface area contributed by atoms with Crippen LogP contribution in [0.25, 0.3) is 0 Å². The highest BCUT2D eigenvalue weighted by atomic mass is 16.6. The van der Waals surface area contributed by atoms with Crippen LogP contribution in [0.4, 0.5) is 4.79 Å². The van der Waals surface area contributed by atoms with Gasteiger partial charge in [-0.05, 0) is 48.6 Å². The van der Waals surface area contributed by atoms with Crippen molar-refractivity contribution >= 4 is 41.4 Å². The molecule has 1 aromatic heterocycles. The maximum absolute atomic E-state index is 14.5. The molecule has 3 aliphatic rings. The lowest BCUT2D eigenvalue weighted by atomic mass is 9.98. The third-order valence-electron chi connectivity index (χ3n) is 10.1. The second kappa shape index (κ2) is 18.3. The lowest BCUT2D eigenvalue weighted by molar-refractivity contribution is -0.144. The van der Waals surface area contributed by atoms with Gasteiger partial charge in [0.05, 0.1) is 18.8 Å². The van der Waals surface area contributed by atoms with Crippen molar-refractivity contribution in [3.8, 4) is 0 Å². The molecule has 2 aliphatic heterocycles. The van der Waals surface area contributed by atoms with Gasteiger partial charge in [0.25, 0.3) is 11.8 Å². The Balaban J connectivity index is 1.34. The average Bonchev–Trinajstić information content (AvgIpc) is 3.89. The van der Waals surface area contributed by atoms with Crippen LogP contribution in [0, 0.1) is 11.8 Å². The van der Waals surface area contributed by atoms with Crippen molar-refractivity contribution < 1.29 is 38.3 Å². The van der Waals surface area contributed by atoms with Crippen molar-refractivity contribution in [2.75, 3.05) is 13.1 Å². The fourth-order valence-corrected chi connectivity index (χ4v) is 6.81. The van der Waals surface area contributed by atoms with Crippen LogP contribution in [-0.4, -0.2) is 111 Å². The number of carbonyl (C=O) groups is 7. The average molecular weight is 761 g/mol. The number of hydrogen-bond acceptors (Lipinski definition) is 10. The first-order valence-electron chi connectivity index (χ1n) is 19.1. The first kappa shape index (κ1) is 40.8. The molecule has 296 valence electrons. The van der Waals surface area contributed by atoms with Crippen LogP contribution in [0.2, 0.25) is 0 Å². The molecule has 16 nitrogen and oxygen atoms in total. The van der Waals surface area contributed by atoms with Gasteiger partial charge in [0, 0.05) is 37.9 Å². The first-order valence-corrected chi connectivity index (χ1v) is 19.1. The molecule has 2 aromatic rings. The normalized spacial score (nSPS) is 19.5. The van der Waals surface area contributed by atoms with E-state index in [-0.39, 0.29) is 37.0 Å². The molecule has 2 fully saturated rings. The number of nitrogens with zero attached hydrogens (tertiary/aromatic N) is 4. The van der Waals surface area contributed by atoms with Crippen molar-refractivity contribution in [1.29, 1.82) is 0 Å². The highest BCUT2D eigenvalue weighted by Crippen LogP contribution is 2.26. The van der Waals surface area contributed by atoms with Crippen LogP contribution in [-0.2, 0) is 41.7 Å². The molecule has 3 heterocycles. The van der Waals surface area contributed by atoms with Gasteiger partial charge >= 0.3 is 6.09 Å². The third-order valence-corrected chi connectivity index (χ3v) is 10.1. The molecule has 1 aliphatic carbocycles. The first-order chi connectivity index (χ1) is 26.3. The molecule has 6 amide bonds. The molecule has 1 aromatic carbocycles. The van der Waals surface area contributed by atoms with E-state index < -0.39 is 77.6 Å². The number of amides is 6. The summed E-state index contributed by atoms with van der Waals surface area (Å²) in [5.74, 6) is -4.94. The SMILES string of the molecule is CCCC(NC(=O)[C@@H]1C[C@@H](OC(=O)N2CCc3ccccc3C2)CN1C(=O)[C@H](NC(=O)[C@H](NC(=O)c1cnccn1)C(C)C)C(C)C)C(=O)C(=O)NC1CC1. The van der Waals surface area contributed by atoms with E-state index in [1.54, 1.807) is 32.6 Å². The van der Waals surface area contributed by atoms with Crippen molar-refractivity contribution in [3.05, 3.63) is 59.7 Å². The van der Waals surface area contributed by atoms with E-state index in [0.29, 0.717) is 25.9 Å². The van der Waals surface area contributed by atoms with Crippen molar-refractivity contribution in [2.24, 2.45) is 11.8 Å². The maximum atomic E-state index is 14.5. The number of hydrogen-bond donors (Lipinski definition) is 4. The summed E-state index contributed by atoms with van der Waals surface area (Å²) in [6, 6.07) is 3.25. The molecule has 16 heteroatoms. The van der Waals surface area contributed by atoms with E-state index in [4.69, 9.17) is 4.74 Å². The summed E-state index contributed by atoms with van der Waals surface area (Å²) in [7, 11) is 0. The highest BCUT2D eigenvalue weighted by molar-refractivity contribution is 6.38. The number of carbonyl (C=O) groups excluding carboxylic acids is 7. The Hall–Kier alpha value is -5.41. The van der Waals surface area contributed by atoms with E-state index in [9.17, 15) is 33.6 Å². The molecule has 5 atom stereocenters. The van der Waals surface area contributed by atoms with Crippen molar-refractivity contribution in [2.45, 2.75) is 116 Å². The zero-order valence-corrected chi connectivity index (χ0v) is 32.1. The second-order valence-corrected chi connectivity index (χ2v) is 15.2. The van der Waals surface area contributed by atoms with E-state index in [1.165, 1.54) is 23.5 Å². The monoisotopic (exact) mass is 760 g/mol. The molecule has 5 rings (SSSR count). The maximum Gasteiger partial charge on any atom is 0.410 e. The minimum Gasteiger partial charge on any atom is -0.444 e. The molecule has 0 spiro atoms. The summed E-state index contributed by atoms with van der Waals surface area (Å²) in [4.78, 5) is 105. The quantitative estimate of drug-likeness (QED) is 0.193. The van der Waals surface area contributed by atoms with E-state index in [2.05, 4.69) is 31.2 Å². The zero-order chi connectivity index (χ0) is 39.8. The topological polar surface area (TPSA) is 209 Å². The largest absolute Gasteiger partial charge is 0.444 e. The summed E-state index contributed by atoms with van der Waals surface area (Å²) >= 11 is 0. The Labute approximate surface area is 320 Å². The van der Waals surface area contributed by atoms with Crippen LogP contribution in [0.5, 0.6) is 0 Å². The number of nitrogens with one attached hydrogen (secondary N) is 4. The fourth-order valence-electron chi connectivity index (χ4n) is 6.81. The van der Waals surface area contributed by atoms with Gasteiger partial charge in [-0.25, -0.2) is 9.78 Å². The van der Waals surface area contributed by atoms with E-state index >= 15 is 0 Å². The minimum atomic E-state index is -1.19. The summed E-state index contributed by atoms with van der Waals surface area (Å²) < 4.78 is 5.93. The lowest BCUT2D eigenvalue weighted by Crippen LogP contribution is -2.59. The summed E-state index contributed by atoms with van der Waals surface area (Å²) in [6.07, 6.45) is 5.40.